The van der Waals surface area contributed by atoms with Crippen molar-refractivity contribution < 1.29 is 4.52 Å². The maximum atomic E-state index is 4.62. The molecule has 0 amide bonds. The quantitative estimate of drug-likeness (QED) is 0.725. The van der Waals surface area contributed by atoms with E-state index in [0.717, 1.165) is 11.7 Å². The second-order valence-electron chi connectivity index (χ2n) is 3.35. The Kier molecular flexibility index (Phi) is 2.08. The van der Waals surface area contributed by atoms with Gasteiger partial charge >= 0.3 is 0 Å². The van der Waals surface area contributed by atoms with Crippen LogP contribution in [0, 0.1) is 5.92 Å². The Labute approximate surface area is 71.4 Å². The Balaban J connectivity index is 1.74. The van der Waals surface area contributed by atoms with Crippen molar-refractivity contribution in [3.63, 3.8) is 0 Å². The van der Waals surface area contributed by atoms with Crippen LogP contribution < -0.4 is 5.32 Å². The van der Waals surface area contributed by atoms with E-state index in [0.29, 0.717) is 12.6 Å². The van der Waals surface area contributed by atoms with Crippen molar-refractivity contribution in [3.8, 4) is 0 Å². The molecule has 4 nitrogen and oxygen atoms in total. The first-order valence-corrected chi connectivity index (χ1v) is 4.35. The largest absolute Gasteiger partial charge is 0.343 e. The Morgan fingerprint density at radius 2 is 2.58 bits per heavy atom. The van der Waals surface area contributed by atoms with E-state index >= 15 is 0 Å². The summed E-state index contributed by atoms with van der Waals surface area (Å²) in [6.07, 6.45) is 4.08. The molecule has 2 rings (SSSR count). The Morgan fingerprint density at radius 1 is 1.75 bits per heavy atom. The predicted octanol–water partition coefficient (Wildman–Crippen LogP) is 0.958. The van der Waals surface area contributed by atoms with Gasteiger partial charge in [-0.1, -0.05) is 5.16 Å². The molecular weight excluding hydrogens is 154 g/mol. The Morgan fingerprint density at radius 3 is 3.17 bits per heavy atom. The molecule has 1 saturated carbocycles. The molecule has 0 aromatic carbocycles. The van der Waals surface area contributed by atoms with Gasteiger partial charge in [0.1, 0.15) is 0 Å². The van der Waals surface area contributed by atoms with Gasteiger partial charge < -0.3 is 9.84 Å². The molecule has 0 saturated heterocycles. The smallest absolute Gasteiger partial charge is 0.213 e. The monoisotopic (exact) mass is 167 g/mol. The summed E-state index contributed by atoms with van der Waals surface area (Å²) in [5.41, 5.74) is 0. The Bertz CT molecular complexity index is 230. The van der Waals surface area contributed by atoms with Gasteiger partial charge in [-0.25, -0.2) is 0 Å². The summed E-state index contributed by atoms with van der Waals surface area (Å²) in [4.78, 5) is 3.93. The van der Waals surface area contributed by atoms with Gasteiger partial charge in [0, 0.05) is 6.04 Å². The first kappa shape index (κ1) is 7.73. The van der Waals surface area contributed by atoms with Crippen molar-refractivity contribution in [2.75, 3.05) is 0 Å². The summed E-state index contributed by atoms with van der Waals surface area (Å²) in [5.74, 6) is 1.61. The molecule has 1 aliphatic carbocycles. The first-order valence-electron chi connectivity index (χ1n) is 4.35. The number of nitrogens with zero attached hydrogens (tertiary/aromatic N) is 2. The van der Waals surface area contributed by atoms with Crippen LogP contribution in [0.15, 0.2) is 10.9 Å². The highest BCUT2D eigenvalue weighted by molar-refractivity contribution is 4.85. The highest BCUT2D eigenvalue weighted by Crippen LogP contribution is 2.32. The third kappa shape index (κ3) is 1.82. The molecule has 0 aliphatic heterocycles. The summed E-state index contributed by atoms with van der Waals surface area (Å²) >= 11 is 0. The molecule has 1 unspecified atom stereocenters. The lowest BCUT2D eigenvalue weighted by Gasteiger charge is -2.09. The fourth-order valence-corrected chi connectivity index (χ4v) is 1.29. The lowest BCUT2D eigenvalue weighted by Crippen LogP contribution is -2.27. The van der Waals surface area contributed by atoms with Gasteiger partial charge in [-0.05, 0) is 25.7 Å². The number of hydrogen-bond donors (Lipinski definition) is 1. The first-order chi connectivity index (χ1) is 5.86. The second-order valence-corrected chi connectivity index (χ2v) is 3.35. The van der Waals surface area contributed by atoms with Crippen LogP contribution in [0.4, 0.5) is 0 Å². The standard InChI is InChI=1S/C8H13N3O/c1-6(7-2-3-7)9-4-8-10-5-12-11-8/h5-7,9H,2-4H2,1H3. The van der Waals surface area contributed by atoms with E-state index in [2.05, 4.69) is 26.9 Å². The normalized spacial score (nSPS) is 19.4. The predicted molar refractivity (Wildman–Crippen MR) is 43.3 cm³/mol. The molecule has 12 heavy (non-hydrogen) atoms. The van der Waals surface area contributed by atoms with E-state index in [9.17, 15) is 0 Å². The zero-order chi connectivity index (χ0) is 8.39. The summed E-state index contributed by atoms with van der Waals surface area (Å²) in [7, 11) is 0. The van der Waals surface area contributed by atoms with Gasteiger partial charge in [0.15, 0.2) is 5.82 Å². The minimum atomic E-state index is 0.587. The maximum Gasteiger partial charge on any atom is 0.213 e. The SMILES string of the molecule is CC(NCc1ncon1)C1CC1. The molecular formula is C8H13N3O. The van der Waals surface area contributed by atoms with Crippen molar-refractivity contribution in [3.05, 3.63) is 12.2 Å². The molecule has 1 atom stereocenters. The van der Waals surface area contributed by atoms with Gasteiger partial charge in [-0.15, -0.1) is 0 Å². The minimum Gasteiger partial charge on any atom is -0.343 e. The number of nitrogens with one attached hydrogen (secondary N) is 1. The van der Waals surface area contributed by atoms with Crippen LogP contribution in [0.2, 0.25) is 0 Å². The number of aromatic nitrogens is 2. The topological polar surface area (TPSA) is 51.0 Å². The fourth-order valence-electron chi connectivity index (χ4n) is 1.29. The van der Waals surface area contributed by atoms with Gasteiger partial charge in [0.25, 0.3) is 0 Å². The molecule has 0 bridgehead atoms. The third-order valence-electron chi connectivity index (χ3n) is 2.32. The van der Waals surface area contributed by atoms with Gasteiger partial charge in [-0.2, -0.15) is 4.98 Å². The van der Waals surface area contributed by atoms with Crippen LogP contribution in [-0.2, 0) is 6.54 Å². The van der Waals surface area contributed by atoms with Crippen LogP contribution >= 0.6 is 0 Å². The molecule has 1 aromatic heterocycles. The molecule has 0 spiro atoms. The van der Waals surface area contributed by atoms with E-state index in [4.69, 9.17) is 0 Å². The van der Waals surface area contributed by atoms with Crippen LogP contribution in [0.25, 0.3) is 0 Å². The second kappa shape index (κ2) is 3.23. The molecule has 1 N–H and O–H groups in total. The zero-order valence-corrected chi connectivity index (χ0v) is 7.16. The van der Waals surface area contributed by atoms with Crippen LogP contribution in [-0.4, -0.2) is 16.2 Å². The molecule has 0 radical (unpaired) electrons. The summed E-state index contributed by atoms with van der Waals surface area (Å²) in [5, 5.41) is 7.08. The highest BCUT2D eigenvalue weighted by Gasteiger charge is 2.27. The zero-order valence-electron chi connectivity index (χ0n) is 7.16. The van der Waals surface area contributed by atoms with E-state index in [-0.39, 0.29) is 0 Å². The van der Waals surface area contributed by atoms with Gasteiger partial charge in [0.05, 0.1) is 6.54 Å². The average Bonchev–Trinajstić information content (AvgIpc) is 2.80. The van der Waals surface area contributed by atoms with E-state index in [1.807, 2.05) is 0 Å². The van der Waals surface area contributed by atoms with Crippen molar-refractivity contribution in [1.82, 2.24) is 15.5 Å². The molecule has 1 aromatic rings. The summed E-state index contributed by atoms with van der Waals surface area (Å²) in [6, 6.07) is 0.587. The van der Waals surface area contributed by atoms with Gasteiger partial charge in [0.2, 0.25) is 6.39 Å². The fraction of sp³-hybridized carbons (Fsp3) is 0.750. The van der Waals surface area contributed by atoms with Crippen molar-refractivity contribution >= 4 is 0 Å². The Hall–Kier alpha value is -0.900. The average molecular weight is 167 g/mol. The molecule has 1 fully saturated rings. The molecule has 66 valence electrons. The minimum absolute atomic E-state index is 0.587. The molecule has 1 heterocycles. The summed E-state index contributed by atoms with van der Waals surface area (Å²) < 4.78 is 4.62. The van der Waals surface area contributed by atoms with Crippen molar-refractivity contribution in [1.29, 1.82) is 0 Å². The van der Waals surface area contributed by atoms with E-state index in [1.165, 1.54) is 19.2 Å². The van der Waals surface area contributed by atoms with E-state index < -0.39 is 0 Å². The van der Waals surface area contributed by atoms with Crippen molar-refractivity contribution in [2.45, 2.75) is 32.4 Å². The van der Waals surface area contributed by atoms with E-state index in [1.54, 1.807) is 0 Å². The lowest BCUT2D eigenvalue weighted by molar-refractivity contribution is 0.402. The van der Waals surface area contributed by atoms with Crippen LogP contribution in [0.1, 0.15) is 25.6 Å². The molecule has 1 aliphatic rings. The lowest BCUT2D eigenvalue weighted by atomic mass is 10.2. The molecule has 4 heteroatoms. The third-order valence-corrected chi connectivity index (χ3v) is 2.32. The summed E-state index contributed by atoms with van der Waals surface area (Å²) in [6.45, 7) is 2.92. The number of rotatable bonds is 4. The van der Waals surface area contributed by atoms with Crippen molar-refractivity contribution in [2.24, 2.45) is 5.92 Å². The van der Waals surface area contributed by atoms with Crippen LogP contribution in [0.3, 0.4) is 0 Å². The maximum absolute atomic E-state index is 4.62. The van der Waals surface area contributed by atoms with Crippen LogP contribution in [0.5, 0.6) is 0 Å². The number of hydrogen-bond acceptors (Lipinski definition) is 4. The highest BCUT2D eigenvalue weighted by atomic mass is 16.5. The van der Waals surface area contributed by atoms with Gasteiger partial charge in [-0.3, -0.25) is 0 Å².